The number of piperidine rings is 1. The number of imide groups is 2. The van der Waals surface area contributed by atoms with Crippen molar-refractivity contribution in [3.63, 3.8) is 0 Å². The Hall–Kier alpha value is -2.58. The first kappa shape index (κ1) is 19.7. The molecule has 3 unspecified atom stereocenters. The third kappa shape index (κ3) is 3.16. The maximum atomic E-state index is 13.2. The zero-order valence-electron chi connectivity index (χ0n) is 16.7. The van der Waals surface area contributed by atoms with Crippen molar-refractivity contribution in [3.05, 3.63) is 34.9 Å². The second-order valence-electron chi connectivity index (χ2n) is 8.48. The van der Waals surface area contributed by atoms with Crippen LogP contribution in [0.25, 0.3) is 0 Å². The smallest absolute Gasteiger partial charge is 0.262 e. The molecule has 4 amide bonds. The standard InChI is InChI=1S/C21H26N4O4/c1-3-21(2)9-13(22)11-24(21)10-12-5-4-6-14-17(12)20(29)25(19(14)28)15-7-8-16(26)23-18(15)27/h4-6,13,15H,3,7-11,22H2,1-2H3,(H,23,26,27). The highest BCUT2D eigenvalue weighted by Gasteiger charge is 2.46. The fourth-order valence-electron chi connectivity index (χ4n) is 4.81. The molecule has 0 saturated carbocycles. The number of carbonyl (C=O) groups excluding carboxylic acids is 4. The Bertz CT molecular complexity index is 914. The summed E-state index contributed by atoms with van der Waals surface area (Å²) in [6.45, 7) is 5.54. The van der Waals surface area contributed by atoms with Gasteiger partial charge in [-0.3, -0.25) is 34.3 Å². The molecule has 0 radical (unpaired) electrons. The first-order valence-electron chi connectivity index (χ1n) is 10.1. The van der Waals surface area contributed by atoms with Gasteiger partial charge in [-0.1, -0.05) is 19.1 Å². The summed E-state index contributed by atoms with van der Waals surface area (Å²) in [6.07, 6.45) is 2.08. The first-order chi connectivity index (χ1) is 13.7. The van der Waals surface area contributed by atoms with Crippen molar-refractivity contribution >= 4 is 23.6 Å². The molecule has 2 fully saturated rings. The molecule has 3 aliphatic heterocycles. The van der Waals surface area contributed by atoms with E-state index in [-0.39, 0.29) is 30.3 Å². The largest absolute Gasteiger partial charge is 0.326 e. The number of nitrogens with two attached hydrogens (primary N) is 1. The average Bonchev–Trinajstić information content (AvgIpc) is 3.10. The van der Waals surface area contributed by atoms with Gasteiger partial charge in [0.05, 0.1) is 11.1 Å². The van der Waals surface area contributed by atoms with E-state index in [9.17, 15) is 19.2 Å². The number of hydrogen-bond donors (Lipinski definition) is 2. The zero-order valence-corrected chi connectivity index (χ0v) is 16.7. The van der Waals surface area contributed by atoms with Crippen molar-refractivity contribution in [2.24, 2.45) is 5.73 Å². The van der Waals surface area contributed by atoms with Gasteiger partial charge in [0.15, 0.2) is 0 Å². The Morgan fingerprint density at radius 2 is 1.97 bits per heavy atom. The van der Waals surface area contributed by atoms with Gasteiger partial charge < -0.3 is 5.73 Å². The third-order valence-corrected chi connectivity index (χ3v) is 6.60. The van der Waals surface area contributed by atoms with Crippen LogP contribution >= 0.6 is 0 Å². The van der Waals surface area contributed by atoms with Gasteiger partial charge in [-0.05, 0) is 37.8 Å². The summed E-state index contributed by atoms with van der Waals surface area (Å²) in [7, 11) is 0. The molecule has 0 aliphatic carbocycles. The molecule has 0 aromatic heterocycles. The zero-order chi connectivity index (χ0) is 20.9. The minimum atomic E-state index is -0.950. The first-order valence-corrected chi connectivity index (χ1v) is 10.1. The van der Waals surface area contributed by atoms with Crippen LogP contribution in [0.2, 0.25) is 0 Å². The van der Waals surface area contributed by atoms with Crippen LogP contribution in [0.5, 0.6) is 0 Å². The normalized spacial score (nSPS) is 30.1. The lowest BCUT2D eigenvalue weighted by Gasteiger charge is -2.34. The SMILES string of the molecule is CCC1(C)CC(N)CN1Cc1cccc2c1C(=O)N(C1CCC(=O)NC1=O)C2=O. The van der Waals surface area contributed by atoms with E-state index in [0.29, 0.717) is 17.7 Å². The molecule has 154 valence electrons. The lowest BCUT2D eigenvalue weighted by molar-refractivity contribution is -0.136. The third-order valence-electron chi connectivity index (χ3n) is 6.60. The average molecular weight is 398 g/mol. The van der Waals surface area contributed by atoms with E-state index < -0.39 is 23.8 Å². The highest BCUT2D eigenvalue weighted by atomic mass is 16.2. The Morgan fingerprint density at radius 1 is 1.21 bits per heavy atom. The molecule has 3 atom stereocenters. The Kier molecular flexibility index (Phi) is 4.78. The number of nitrogens with one attached hydrogen (secondary N) is 1. The Labute approximate surface area is 169 Å². The van der Waals surface area contributed by atoms with E-state index >= 15 is 0 Å². The van der Waals surface area contributed by atoms with E-state index in [1.54, 1.807) is 12.1 Å². The van der Waals surface area contributed by atoms with E-state index in [1.165, 1.54) is 0 Å². The monoisotopic (exact) mass is 398 g/mol. The number of nitrogens with zero attached hydrogens (tertiary/aromatic N) is 2. The van der Waals surface area contributed by atoms with Crippen molar-refractivity contribution < 1.29 is 19.2 Å². The fraction of sp³-hybridized carbons (Fsp3) is 0.524. The van der Waals surface area contributed by atoms with Gasteiger partial charge in [0, 0.05) is 31.1 Å². The number of benzene rings is 1. The van der Waals surface area contributed by atoms with Crippen LogP contribution in [0.1, 0.15) is 65.8 Å². The van der Waals surface area contributed by atoms with Crippen molar-refractivity contribution in [1.82, 2.24) is 15.1 Å². The number of amides is 4. The summed E-state index contributed by atoms with van der Waals surface area (Å²) >= 11 is 0. The summed E-state index contributed by atoms with van der Waals surface area (Å²) in [5, 5.41) is 2.22. The van der Waals surface area contributed by atoms with Gasteiger partial charge in [0.2, 0.25) is 11.8 Å². The maximum Gasteiger partial charge on any atom is 0.262 e. The second-order valence-corrected chi connectivity index (χ2v) is 8.48. The molecule has 8 heteroatoms. The molecule has 1 aromatic rings. The summed E-state index contributed by atoms with van der Waals surface area (Å²) in [6, 6.07) is 4.38. The minimum Gasteiger partial charge on any atom is -0.326 e. The molecule has 3 aliphatic rings. The van der Waals surface area contributed by atoms with Gasteiger partial charge >= 0.3 is 0 Å². The number of fused-ring (bicyclic) bond motifs is 1. The number of carbonyl (C=O) groups is 4. The van der Waals surface area contributed by atoms with E-state index in [2.05, 4.69) is 24.1 Å². The molecule has 2 saturated heterocycles. The maximum absolute atomic E-state index is 13.2. The predicted octanol–water partition coefficient (Wildman–Crippen LogP) is 0.790. The molecule has 0 spiro atoms. The summed E-state index contributed by atoms with van der Waals surface area (Å²) in [5.41, 5.74) is 7.59. The summed E-state index contributed by atoms with van der Waals surface area (Å²) in [4.78, 5) is 53.2. The van der Waals surface area contributed by atoms with Crippen LogP contribution in [0.15, 0.2) is 18.2 Å². The number of hydrogen-bond acceptors (Lipinski definition) is 6. The summed E-state index contributed by atoms with van der Waals surface area (Å²) in [5.74, 6) is -1.91. The van der Waals surface area contributed by atoms with Crippen LogP contribution in [-0.2, 0) is 16.1 Å². The van der Waals surface area contributed by atoms with E-state index in [4.69, 9.17) is 5.73 Å². The van der Waals surface area contributed by atoms with Gasteiger partial charge in [-0.15, -0.1) is 0 Å². The van der Waals surface area contributed by atoms with Crippen LogP contribution in [0.4, 0.5) is 0 Å². The van der Waals surface area contributed by atoms with Crippen LogP contribution in [0, 0.1) is 0 Å². The molecule has 0 bridgehead atoms. The predicted molar refractivity (Wildman–Crippen MR) is 105 cm³/mol. The highest BCUT2D eigenvalue weighted by molar-refractivity contribution is 6.24. The molecule has 4 rings (SSSR count). The lowest BCUT2D eigenvalue weighted by Crippen LogP contribution is -2.54. The quantitative estimate of drug-likeness (QED) is 0.725. The molecular weight excluding hydrogens is 372 g/mol. The number of rotatable bonds is 4. The molecular formula is C21H26N4O4. The minimum absolute atomic E-state index is 0.0584. The van der Waals surface area contributed by atoms with Crippen LogP contribution in [0.3, 0.4) is 0 Å². The van der Waals surface area contributed by atoms with Gasteiger partial charge in [0.1, 0.15) is 6.04 Å². The molecule has 29 heavy (non-hydrogen) atoms. The van der Waals surface area contributed by atoms with Crippen molar-refractivity contribution in [3.8, 4) is 0 Å². The topological polar surface area (TPSA) is 113 Å². The lowest BCUT2D eigenvalue weighted by atomic mass is 9.93. The Morgan fingerprint density at radius 3 is 2.66 bits per heavy atom. The van der Waals surface area contributed by atoms with Gasteiger partial charge in [-0.25, -0.2) is 0 Å². The fourth-order valence-corrected chi connectivity index (χ4v) is 4.81. The number of likely N-dealkylation sites (tertiary alicyclic amines) is 1. The van der Waals surface area contributed by atoms with E-state index in [1.807, 2.05) is 6.07 Å². The molecule has 3 heterocycles. The van der Waals surface area contributed by atoms with Gasteiger partial charge in [0.25, 0.3) is 11.8 Å². The van der Waals surface area contributed by atoms with Crippen molar-refractivity contribution in [1.29, 1.82) is 0 Å². The molecule has 8 nitrogen and oxygen atoms in total. The molecule has 3 N–H and O–H groups in total. The van der Waals surface area contributed by atoms with Crippen LogP contribution in [-0.4, -0.2) is 57.6 Å². The van der Waals surface area contributed by atoms with Crippen molar-refractivity contribution in [2.45, 2.75) is 63.7 Å². The second kappa shape index (κ2) is 7.03. The van der Waals surface area contributed by atoms with Crippen LogP contribution < -0.4 is 11.1 Å². The Balaban J connectivity index is 1.65. The van der Waals surface area contributed by atoms with E-state index in [0.717, 1.165) is 29.8 Å². The van der Waals surface area contributed by atoms with Gasteiger partial charge in [-0.2, -0.15) is 0 Å². The van der Waals surface area contributed by atoms with Crippen molar-refractivity contribution in [2.75, 3.05) is 6.54 Å². The summed E-state index contributed by atoms with van der Waals surface area (Å²) < 4.78 is 0. The highest BCUT2D eigenvalue weighted by Crippen LogP contribution is 2.35. The molecule has 1 aromatic carbocycles.